The van der Waals surface area contributed by atoms with Gasteiger partial charge in [-0.3, -0.25) is 9.79 Å². The van der Waals surface area contributed by atoms with Crippen molar-refractivity contribution in [3.8, 4) is 0 Å². The van der Waals surface area contributed by atoms with E-state index in [2.05, 4.69) is 27.0 Å². The quantitative estimate of drug-likeness (QED) is 0.256. The Kier molecular flexibility index (Phi) is 12.3. The summed E-state index contributed by atoms with van der Waals surface area (Å²) in [7, 11) is 1.75. The molecule has 0 aromatic heterocycles. The summed E-state index contributed by atoms with van der Waals surface area (Å²) in [4.78, 5) is 15.7. The van der Waals surface area contributed by atoms with Crippen LogP contribution in [0, 0.1) is 0 Å². The molecule has 128 valence electrons. The summed E-state index contributed by atoms with van der Waals surface area (Å²) in [6.45, 7) is 5.42. The zero-order chi connectivity index (χ0) is 15.5. The standard InChI is InChI=1S/C16H30N4O.HI/c1-13(2)20-15(21)10-12-19-16(17-3)18-11-9-14-7-5-4-6-8-14;/h7,13H,4-6,8-12H2,1-3H3,(H,20,21)(H2,17,18,19);1H. The van der Waals surface area contributed by atoms with E-state index in [9.17, 15) is 4.79 Å². The average Bonchev–Trinajstić information content (AvgIpc) is 2.46. The van der Waals surface area contributed by atoms with E-state index in [1.807, 2.05) is 13.8 Å². The third-order valence-corrected chi connectivity index (χ3v) is 3.44. The van der Waals surface area contributed by atoms with E-state index in [1.54, 1.807) is 12.6 Å². The van der Waals surface area contributed by atoms with Gasteiger partial charge in [-0.05, 0) is 46.0 Å². The van der Waals surface area contributed by atoms with Crippen LogP contribution in [0.2, 0.25) is 0 Å². The molecule has 0 bridgehead atoms. The molecule has 1 aliphatic rings. The van der Waals surface area contributed by atoms with Gasteiger partial charge in [-0.1, -0.05) is 11.6 Å². The molecule has 0 saturated heterocycles. The molecular formula is C16H31IN4O. The summed E-state index contributed by atoms with van der Waals surface area (Å²) in [6.07, 6.45) is 9.04. The second-order valence-electron chi connectivity index (χ2n) is 5.76. The summed E-state index contributed by atoms with van der Waals surface area (Å²) in [6, 6.07) is 0.193. The van der Waals surface area contributed by atoms with E-state index in [0.29, 0.717) is 13.0 Å². The fourth-order valence-corrected chi connectivity index (χ4v) is 2.38. The molecular weight excluding hydrogens is 391 g/mol. The van der Waals surface area contributed by atoms with Gasteiger partial charge in [-0.15, -0.1) is 24.0 Å². The van der Waals surface area contributed by atoms with Crippen molar-refractivity contribution in [1.82, 2.24) is 16.0 Å². The molecule has 6 heteroatoms. The van der Waals surface area contributed by atoms with Crippen LogP contribution < -0.4 is 16.0 Å². The van der Waals surface area contributed by atoms with Crippen molar-refractivity contribution < 1.29 is 4.79 Å². The average molecular weight is 422 g/mol. The topological polar surface area (TPSA) is 65.5 Å². The third kappa shape index (κ3) is 10.0. The van der Waals surface area contributed by atoms with Gasteiger partial charge in [0.15, 0.2) is 5.96 Å². The van der Waals surface area contributed by atoms with Crippen LogP contribution in [0.15, 0.2) is 16.6 Å². The van der Waals surface area contributed by atoms with Crippen LogP contribution in [-0.2, 0) is 4.79 Å². The minimum atomic E-state index is 0. The molecule has 0 unspecified atom stereocenters. The number of nitrogens with one attached hydrogen (secondary N) is 3. The van der Waals surface area contributed by atoms with Gasteiger partial charge < -0.3 is 16.0 Å². The van der Waals surface area contributed by atoms with Gasteiger partial charge in [0.1, 0.15) is 0 Å². The first-order valence-electron chi connectivity index (χ1n) is 8.03. The minimum Gasteiger partial charge on any atom is -0.356 e. The minimum absolute atomic E-state index is 0. The highest BCUT2D eigenvalue weighted by atomic mass is 127. The lowest BCUT2D eigenvalue weighted by molar-refractivity contribution is -0.121. The van der Waals surface area contributed by atoms with Gasteiger partial charge in [0.2, 0.25) is 5.91 Å². The molecule has 5 nitrogen and oxygen atoms in total. The molecule has 0 atom stereocenters. The predicted molar refractivity (Wildman–Crippen MR) is 104 cm³/mol. The van der Waals surface area contributed by atoms with Crippen LogP contribution in [0.25, 0.3) is 0 Å². The number of hydrogen-bond acceptors (Lipinski definition) is 2. The van der Waals surface area contributed by atoms with Gasteiger partial charge in [0.25, 0.3) is 0 Å². The van der Waals surface area contributed by atoms with Crippen molar-refractivity contribution in [3.63, 3.8) is 0 Å². The molecule has 0 fully saturated rings. The van der Waals surface area contributed by atoms with Crippen LogP contribution in [-0.4, -0.2) is 38.0 Å². The van der Waals surface area contributed by atoms with Crippen molar-refractivity contribution >= 4 is 35.8 Å². The zero-order valence-corrected chi connectivity index (χ0v) is 16.4. The summed E-state index contributed by atoms with van der Waals surface area (Å²) >= 11 is 0. The van der Waals surface area contributed by atoms with Crippen LogP contribution in [0.1, 0.15) is 52.4 Å². The fraction of sp³-hybridized carbons (Fsp3) is 0.750. The molecule has 1 aliphatic carbocycles. The van der Waals surface area contributed by atoms with Gasteiger partial charge in [-0.2, -0.15) is 0 Å². The lowest BCUT2D eigenvalue weighted by atomic mass is 9.97. The second-order valence-corrected chi connectivity index (χ2v) is 5.76. The predicted octanol–water partition coefficient (Wildman–Crippen LogP) is 2.57. The van der Waals surface area contributed by atoms with Crippen LogP contribution in [0.4, 0.5) is 0 Å². The Morgan fingerprint density at radius 2 is 2.00 bits per heavy atom. The monoisotopic (exact) mass is 422 g/mol. The Morgan fingerprint density at radius 3 is 2.59 bits per heavy atom. The van der Waals surface area contributed by atoms with Crippen LogP contribution in [0.5, 0.6) is 0 Å². The van der Waals surface area contributed by atoms with E-state index in [0.717, 1.165) is 18.9 Å². The molecule has 0 saturated carbocycles. The molecule has 1 rings (SSSR count). The lowest BCUT2D eigenvalue weighted by Gasteiger charge is -2.15. The Hall–Kier alpha value is -0.790. The van der Waals surface area contributed by atoms with Gasteiger partial charge in [0.05, 0.1) is 0 Å². The fourth-order valence-electron chi connectivity index (χ4n) is 2.38. The molecule has 0 aromatic rings. The number of carbonyl (C=O) groups is 1. The van der Waals surface area contributed by atoms with E-state index < -0.39 is 0 Å². The van der Waals surface area contributed by atoms with Crippen molar-refractivity contribution in [2.45, 2.75) is 58.4 Å². The first kappa shape index (κ1) is 21.2. The number of rotatable bonds is 7. The highest BCUT2D eigenvalue weighted by Gasteiger charge is 2.05. The molecule has 0 aromatic carbocycles. The normalized spacial score (nSPS) is 14.9. The molecule has 22 heavy (non-hydrogen) atoms. The first-order chi connectivity index (χ1) is 10.1. The lowest BCUT2D eigenvalue weighted by Crippen LogP contribution is -2.40. The highest BCUT2D eigenvalue weighted by Crippen LogP contribution is 2.19. The van der Waals surface area contributed by atoms with E-state index >= 15 is 0 Å². The van der Waals surface area contributed by atoms with E-state index in [-0.39, 0.29) is 35.9 Å². The number of carbonyl (C=O) groups excluding carboxylic acids is 1. The zero-order valence-electron chi connectivity index (χ0n) is 14.1. The van der Waals surface area contributed by atoms with Crippen LogP contribution >= 0.6 is 24.0 Å². The number of allylic oxidation sites excluding steroid dienone is 1. The summed E-state index contributed by atoms with van der Waals surface area (Å²) < 4.78 is 0. The van der Waals surface area contributed by atoms with Gasteiger partial charge in [-0.25, -0.2) is 0 Å². The molecule has 1 amide bonds. The maximum Gasteiger partial charge on any atom is 0.221 e. The van der Waals surface area contributed by atoms with Crippen molar-refractivity contribution in [2.24, 2.45) is 4.99 Å². The summed E-state index contributed by atoms with van der Waals surface area (Å²) in [5.41, 5.74) is 1.56. The van der Waals surface area contributed by atoms with Gasteiger partial charge in [0, 0.05) is 32.6 Å². The number of guanidine groups is 1. The molecule has 0 spiro atoms. The largest absolute Gasteiger partial charge is 0.356 e. The van der Waals surface area contributed by atoms with Crippen molar-refractivity contribution in [3.05, 3.63) is 11.6 Å². The molecule has 0 radical (unpaired) electrons. The molecule has 0 heterocycles. The maximum absolute atomic E-state index is 11.5. The van der Waals surface area contributed by atoms with Crippen molar-refractivity contribution in [2.75, 3.05) is 20.1 Å². The Labute approximate surface area is 151 Å². The Morgan fingerprint density at radius 1 is 1.27 bits per heavy atom. The number of nitrogens with zero attached hydrogens (tertiary/aromatic N) is 1. The molecule has 3 N–H and O–H groups in total. The van der Waals surface area contributed by atoms with Crippen molar-refractivity contribution in [1.29, 1.82) is 0 Å². The Balaban J connectivity index is 0.00000441. The van der Waals surface area contributed by atoms with E-state index in [1.165, 1.54) is 25.7 Å². The molecule has 0 aliphatic heterocycles. The van der Waals surface area contributed by atoms with E-state index in [4.69, 9.17) is 0 Å². The third-order valence-electron chi connectivity index (χ3n) is 3.44. The van der Waals surface area contributed by atoms with Crippen LogP contribution in [0.3, 0.4) is 0 Å². The smallest absolute Gasteiger partial charge is 0.221 e. The first-order valence-corrected chi connectivity index (χ1v) is 8.03. The number of amides is 1. The van der Waals surface area contributed by atoms with Gasteiger partial charge >= 0.3 is 0 Å². The summed E-state index contributed by atoms with van der Waals surface area (Å²) in [5, 5.41) is 9.34. The number of hydrogen-bond donors (Lipinski definition) is 3. The second kappa shape index (κ2) is 12.7. The number of aliphatic imine (C=N–C) groups is 1. The summed E-state index contributed by atoms with van der Waals surface area (Å²) in [5.74, 6) is 0.837. The SMILES string of the molecule is CN=C(NCCC(=O)NC(C)C)NCCC1=CCCCC1.I. The highest BCUT2D eigenvalue weighted by molar-refractivity contribution is 14.0. The Bertz CT molecular complexity index is 380. The maximum atomic E-state index is 11.5. The number of halogens is 1.